The maximum absolute atomic E-state index is 8.85. The summed E-state index contributed by atoms with van der Waals surface area (Å²) in [5.74, 6) is 0. The molecule has 3 aromatic rings. The van der Waals surface area contributed by atoms with Crippen molar-refractivity contribution in [3.8, 4) is 16.8 Å². The first-order chi connectivity index (χ1) is 8.36. The van der Waals surface area contributed by atoms with Crippen LogP contribution in [0.3, 0.4) is 0 Å². The maximum Gasteiger partial charge on any atom is 0.143 e. The quantitative estimate of drug-likeness (QED) is 0.652. The molecular formula is C13H7N3S. The van der Waals surface area contributed by atoms with Gasteiger partial charge in [-0.3, -0.25) is 4.98 Å². The zero-order valence-electron chi connectivity index (χ0n) is 8.79. The maximum atomic E-state index is 8.85. The molecule has 0 amide bonds. The van der Waals surface area contributed by atoms with Crippen LogP contribution in [0.4, 0.5) is 0 Å². The summed E-state index contributed by atoms with van der Waals surface area (Å²) in [4.78, 5) is 8.75. The standard InChI is InChI=1S/C13H7N3S/c14-8-9-5-6-15-11(7-9)13-16-10-3-1-2-4-12(10)17-13/h1-7H. The van der Waals surface area contributed by atoms with E-state index >= 15 is 0 Å². The summed E-state index contributed by atoms with van der Waals surface area (Å²) in [5, 5.41) is 9.70. The van der Waals surface area contributed by atoms with Crippen LogP contribution < -0.4 is 0 Å². The number of pyridine rings is 1. The van der Waals surface area contributed by atoms with E-state index in [-0.39, 0.29) is 0 Å². The first kappa shape index (κ1) is 9.94. The van der Waals surface area contributed by atoms with E-state index in [9.17, 15) is 0 Å². The molecule has 3 rings (SSSR count). The minimum absolute atomic E-state index is 0.606. The highest BCUT2D eigenvalue weighted by atomic mass is 32.1. The van der Waals surface area contributed by atoms with E-state index in [0.29, 0.717) is 5.56 Å². The van der Waals surface area contributed by atoms with Gasteiger partial charge in [-0.2, -0.15) is 5.26 Å². The van der Waals surface area contributed by atoms with E-state index in [4.69, 9.17) is 5.26 Å². The first-order valence-corrected chi connectivity index (χ1v) is 5.90. The van der Waals surface area contributed by atoms with Crippen LogP contribution in [-0.2, 0) is 0 Å². The average molecular weight is 237 g/mol. The molecule has 0 unspecified atom stereocenters. The van der Waals surface area contributed by atoms with Crippen LogP contribution in [0.15, 0.2) is 42.6 Å². The Labute approximate surface area is 102 Å². The van der Waals surface area contributed by atoms with Crippen LogP contribution >= 0.6 is 11.3 Å². The first-order valence-electron chi connectivity index (χ1n) is 5.09. The van der Waals surface area contributed by atoms with Crippen LogP contribution in [0.5, 0.6) is 0 Å². The van der Waals surface area contributed by atoms with Gasteiger partial charge in [-0.15, -0.1) is 11.3 Å². The molecule has 0 bridgehead atoms. The molecule has 3 nitrogen and oxygen atoms in total. The van der Waals surface area contributed by atoms with Crippen molar-refractivity contribution in [2.75, 3.05) is 0 Å². The van der Waals surface area contributed by atoms with E-state index in [0.717, 1.165) is 20.9 Å². The molecule has 2 aromatic heterocycles. The summed E-state index contributed by atoms with van der Waals surface area (Å²) in [6.07, 6.45) is 1.64. The highest BCUT2D eigenvalue weighted by molar-refractivity contribution is 7.21. The van der Waals surface area contributed by atoms with Crippen LogP contribution in [0, 0.1) is 11.3 Å². The molecule has 0 aliphatic rings. The lowest BCUT2D eigenvalue weighted by molar-refractivity contribution is 1.29. The third-order valence-electron chi connectivity index (χ3n) is 2.40. The van der Waals surface area contributed by atoms with Gasteiger partial charge in [-0.1, -0.05) is 12.1 Å². The molecule has 0 atom stereocenters. The van der Waals surface area contributed by atoms with Gasteiger partial charge in [-0.25, -0.2) is 4.98 Å². The highest BCUT2D eigenvalue weighted by Gasteiger charge is 2.07. The molecule has 4 heteroatoms. The topological polar surface area (TPSA) is 49.6 Å². The van der Waals surface area contributed by atoms with Crippen molar-refractivity contribution in [2.45, 2.75) is 0 Å². The van der Waals surface area contributed by atoms with Gasteiger partial charge < -0.3 is 0 Å². The van der Waals surface area contributed by atoms with Crippen molar-refractivity contribution in [3.63, 3.8) is 0 Å². The molecule has 0 aliphatic heterocycles. The van der Waals surface area contributed by atoms with Gasteiger partial charge in [0.2, 0.25) is 0 Å². The van der Waals surface area contributed by atoms with Gasteiger partial charge >= 0.3 is 0 Å². The Morgan fingerprint density at radius 1 is 1.18 bits per heavy atom. The van der Waals surface area contributed by atoms with Gasteiger partial charge in [0, 0.05) is 6.20 Å². The lowest BCUT2D eigenvalue weighted by Gasteiger charge is -1.94. The molecule has 0 N–H and O–H groups in total. The third kappa shape index (κ3) is 1.77. The molecule has 0 spiro atoms. The van der Waals surface area contributed by atoms with Gasteiger partial charge in [0.15, 0.2) is 0 Å². The fourth-order valence-electron chi connectivity index (χ4n) is 1.60. The fraction of sp³-hybridized carbons (Fsp3) is 0. The Hall–Kier alpha value is -2.25. The van der Waals surface area contributed by atoms with E-state index in [1.165, 1.54) is 0 Å². The largest absolute Gasteiger partial charge is 0.254 e. The summed E-state index contributed by atoms with van der Waals surface area (Å²) in [7, 11) is 0. The summed E-state index contributed by atoms with van der Waals surface area (Å²) in [5.41, 5.74) is 2.33. The van der Waals surface area contributed by atoms with Crippen molar-refractivity contribution in [3.05, 3.63) is 48.2 Å². The number of fused-ring (bicyclic) bond motifs is 1. The van der Waals surface area contributed by atoms with Crippen molar-refractivity contribution in [1.29, 1.82) is 5.26 Å². The molecule has 1 aromatic carbocycles. The minimum Gasteiger partial charge on any atom is -0.254 e. The average Bonchev–Trinajstić information content (AvgIpc) is 2.82. The fourth-order valence-corrected chi connectivity index (χ4v) is 2.53. The second kappa shape index (κ2) is 3.96. The lowest BCUT2D eigenvalue weighted by Crippen LogP contribution is -1.83. The van der Waals surface area contributed by atoms with Gasteiger partial charge in [0.25, 0.3) is 0 Å². The number of benzene rings is 1. The summed E-state index contributed by atoms with van der Waals surface area (Å²) < 4.78 is 1.13. The Kier molecular flexibility index (Phi) is 2.32. The number of aromatic nitrogens is 2. The van der Waals surface area contributed by atoms with Crippen molar-refractivity contribution in [1.82, 2.24) is 9.97 Å². The van der Waals surface area contributed by atoms with E-state index in [1.54, 1.807) is 29.7 Å². The van der Waals surface area contributed by atoms with Crippen molar-refractivity contribution < 1.29 is 0 Å². The Bertz CT molecular complexity index is 692. The number of nitriles is 1. The van der Waals surface area contributed by atoms with Crippen LogP contribution in [0.2, 0.25) is 0 Å². The molecule has 80 valence electrons. The summed E-state index contributed by atoms with van der Waals surface area (Å²) >= 11 is 1.59. The van der Waals surface area contributed by atoms with Gasteiger partial charge in [0.1, 0.15) is 10.7 Å². The smallest absolute Gasteiger partial charge is 0.143 e. The molecule has 0 saturated carbocycles. The number of hydrogen-bond donors (Lipinski definition) is 0. The number of thiazole rings is 1. The predicted molar refractivity (Wildman–Crippen MR) is 67.6 cm³/mol. The second-order valence-electron chi connectivity index (χ2n) is 3.53. The van der Waals surface area contributed by atoms with Crippen molar-refractivity contribution in [2.24, 2.45) is 0 Å². The summed E-state index contributed by atoms with van der Waals surface area (Å²) in [6.45, 7) is 0. The number of hydrogen-bond acceptors (Lipinski definition) is 4. The third-order valence-corrected chi connectivity index (χ3v) is 3.46. The van der Waals surface area contributed by atoms with Crippen molar-refractivity contribution >= 4 is 21.6 Å². The minimum atomic E-state index is 0.606. The Morgan fingerprint density at radius 3 is 2.88 bits per heavy atom. The summed E-state index contributed by atoms with van der Waals surface area (Å²) in [6, 6.07) is 13.5. The van der Waals surface area contributed by atoms with Gasteiger partial charge in [-0.05, 0) is 24.3 Å². The molecular weight excluding hydrogens is 230 g/mol. The lowest BCUT2D eigenvalue weighted by atomic mass is 10.2. The zero-order valence-corrected chi connectivity index (χ0v) is 9.61. The van der Waals surface area contributed by atoms with E-state index in [2.05, 4.69) is 16.0 Å². The zero-order chi connectivity index (χ0) is 11.7. The number of para-hydroxylation sites is 1. The van der Waals surface area contributed by atoms with Crippen LogP contribution in [0.1, 0.15) is 5.56 Å². The molecule has 2 heterocycles. The Morgan fingerprint density at radius 2 is 2.06 bits per heavy atom. The normalized spacial score (nSPS) is 10.3. The van der Waals surface area contributed by atoms with Gasteiger partial charge in [0.05, 0.1) is 21.8 Å². The van der Waals surface area contributed by atoms with Crippen LogP contribution in [0.25, 0.3) is 20.9 Å². The highest BCUT2D eigenvalue weighted by Crippen LogP contribution is 2.28. The second-order valence-corrected chi connectivity index (χ2v) is 4.56. The molecule has 17 heavy (non-hydrogen) atoms. The number of rotatable bonds is 1. The van der Waals surface area contributed by atoms with Crippen LogP contribution in [-0.4, -0.2) is 9.97 Å². The molecule has 0 fully saturated rings. The number of nitrogens with zero attached hydrogens (tertiary/aromatic N) is 3. The Balaban J connectivity index is 2.17. The van der Waals surface area contributed by atoms with E-state index < -0.39 is 0 Å². The molecule has 0 saturated heterocycles. The SMILES string of the molecule is N#Cc1ccnc(-c2nc3ccccc3s2)c1. The monoisotopic (exact) mass is 237 g/mol. The molecule has 0 radical (unpaired) electrons. The predicted octanol–water partition coefficient (Wildman–Crippen LogP) is 3.23. The van der Waals surface area contributed by atoms with E-state index in [1.807, 2.05) is 24.3 Å². The molecule has 0 aliphatic carbocycles.